The number of carbonyl (C=O) groups excluding carboxylic acids is 1. The van der Waals surface area contributed by atoms with Crippen molar-refractivity contribution < 1.29 is 32.6 Å². The summed E-state index contributed by atoms with van der Waals surface area (Å²) >= 11 is 1.27. The van der Waals surface area contributed by atoms with Crippen molar-refractivity contribution in [3.8, 4) is 0 Å². The number of rotatable bonds is 9. The van der Waals surface area contributed by atoms with Crippen LogP contribution >= 0.6 is 11.3 Å². The minimum Gasteiger partial charge on any atom is -0.393 e. The molecule has 2 fully saturated rings. The summed E-state index contributed by atoms with van der Waals surface area (Å²) in [5.74, 6) is -0.545. The van der Waals surface area contributed by atoms with Crippen molar-refractivity contribution in [1.29, 1.82) is 0 Å². The molecule has 2 aliphatic rings. The third-order valence-corrected chi connectivity index (χ3v) is 8.77. The van der Waals surface area contributed by atoms with Gasteiger partial charge in [0.25, 0.3) is 5.91 Å². The van der Waals surface area contributed by atoms with Crippen molar-refractivity contribution in [3.05, 3.63) is 40.9 Å². The summed E-state index contributed by atoms with van der Waals surface area (Å²) in [6, 6.07) is 5.99. The van der Waals surface area contributed by atoms with E-state index in [1.807, 2.05) is 0 Å². The second-order valence-corrected chi connectivity index (χ2v) is 11.6. The number of amides is 1. The smallest absolute Gasteiger partial charge is 0.280 e. The zero-order chi connectivity index (χ0) is 24.1. The lowest BCUT2D eigenvalue weighted by Crippen LogP contribution is -2.25. The van der Waals surface area contributed by atoms with Gasteiger partial charge in [-0.25, -0.2) is 13.4 Å². The minimum atomic E-state index is -3.53. The summed E-state index contributed by atoms with van der Waals surface area (Å²) in [6.45, 7) is 0.984. The number of oxime groups is 1. The molecule has 12 heteroatoms. The van der Waals surface area contributed by atoms with E-state index in [9.17, 15) is 18.3 Å². The van der Waals surface area contributed by atoms with Gasteiger partial charge in [-0.05, 0) is 31.4 Å². The van der Waals surface area contributed by atoms with Crippen LogP contribution in [0.2, 0.25) is 0 Å². The topological polar surface area (TPSA) is 136 Å². The number of anilines is 1. The molecule has 0 spiro atoms. The highest BCUT2D eigenvalue weighted by molar-refractivity contribution is 7.92. The van der Waals surface area contributed by atoms with Crippen molar-refractivity contribution >= 4 is 37.9 Å². The Morgan fingerprint density at radius 2 is 2.09 bits per heavy atom. The Morgan fingerprint density at radius 3 is 2.74 bits per heavy atom. The second kappa shape index (κ2) is 10.9. The number of methoxy groups -OCH3 is 1. The van der Waals surface area contributed by atoms with E-state index in [1.165, 1.54) is 35.6 Å². The molecule has 0 radical (unpaired) electrons. The fraction of sp³-hybridized carbons (Fsp3) is 0.500. The second-order valence-electron chi connectivity index (χ2n) is 8.21. The van der Waals surface area contributed by atoms with Gasteiger partial charge in [-0.15, -0.1) is 0 Å². The van der Waals surface area contributed by atoms with Crippen LogP contribution in [0.3, 0.4) is 0 Å². The normalized spacial score (nSPS) is 23.2. The Morgan fingerprint density at radius 1 is 1.29 bits per heavy atom. The van der Waals surface area contributed by atoms with Crippen LogP contribution in [0.4, 0.5) is 5.13 Å². The monoisotopic (exact) mass is 509 g/mol. The molecule has 0 bridgehead atoms. The van der Waals surface area contributed by atoms with E-state index >= 15 is 0 Å². The molecule has 184 valence electrons. The number of hydrogen-bond donors (Lipinski definition) is 2. The zero-order valence-corrected chi connectivity index (χ0v) is 20.3. The Bertz CT molecular complexity index is 1130. The first-order valence-corrected chi connectivity index (χ1v) is 13.3. The number of hydrogen-bond acceptors (Lipinski definition) is 10. The zero-order valence-electron chi connectivity index (χ0n) is 18.7. The molecule has 2 N–H and O–H groups in total. The van der Waals surface area contributed by atoms with Crippen molar-refractivity contribution in [1.82, 2.24) is 4.98 Å². The van der Waals surface area contributed by atoms with Gasteiger partial charge in [0.1, 0.15) is 6.10 Å². The van der Waals surface area contributed by atoms with E-state index in [4.69, 9.17) is 14.3 Å². The number of benzene rings is 1. The number of nitrogens with zero attached hydrogens (tertiary/aromatic N) is 2. The van der Waals surface area contributed by atoms with Crippen LogP contribution in [-0.4, -0.2) is 67.9 Å². The van der Waals surface area contributed by atoms with E-state index < -0.39 is 27.1 Å². The van der Waals surface area contributed by atoms with Crippen molar-refractivity contribution in [3.63, 3.8) is 0 Å². The van der Waals surface area contributed by atoms with Gasteiger partial charge in [-0.3, -0.25) is 10.1 Å². The number of sulfone groups is 1. The Labute approximate surface area is 201 Å². The Hall–Kier alpha value is -2.38. The summed E-state index contributed by atoms with van der Waals surface area (Å²) in [4.78, 5) is 23.8. The molecule has 1 aromatic carbocycles. The van der Waals surface area contributed by atoms with E-state index in [1.54, 1.807) is 13.3 Å². The van der Waals surface area contributed by atoms with Gasteiger partial charge in [-0.2, -0.15) is 0 Å². The molecule has 10 nitrogen and oxygen atoms in total. The average molecular weight is 510 g/mol. The van der Waals surface area contributed by atoms with Crippen LogP contribution in [0.5, 0.6) is 0 Å². The molecule has 1 aliphatic heterocycles. The number of carbonyl (C=O) groups is 1. The Balaban J connectivity index is 1.56. The van der Waals surface area contributed by atoms with E-state index in [0.29, 0.717) is 49.6 Å². The highest BCUT2D eigenvalue weighted by atomic mass is 32.2. The number of thiazole rings is 1. The average Bonchev–Trinajstić information content (AvgIpc) is 3.58. The first-order valence-electron chi connectivity index (χ1n) is 11.0. The maximum Gasteiger partial charge on any atom is 0.280 e. The van der Waals surface area contributed by atoms with Crippen LogP contribution in [0, 0.1) is 0 Å². The highest BCUT2D eigenvalue weighted by Gasteiger charge is 2.31. The Kier molecular flexibility index (Phi) is 7.94. The molecule has 1 aliphatic carbocycles. The first-order chi connectivity index (χ1) is 16.4. The standard InChI is InChI=1S/C22H27N3O7S2/c1-30-12-17-11-23-22(33-17)24-21(27)20(25-32-16-5-4-15(26)10-16)14-2-6-18(7-3-14)34(28,29)19-8-9-31-13-19/h2-3,6-7,11,15-16,19,26H,4-5,8-10,12-13H2,1H3,(H,23,24,27)/t15-,16-,19+/m1/s1. The van der Waals surface area contributed by atoms with Gasteiger partial charge < -0.3 is 19.4 Å². The van der Waals surface area contributed by atoms with Crippen molar-refractivity contribution in [2.24, 2.45) is 5.16 Å². The fourth-order valence-corrected chi connectivity index (χ4v) is 6.21. The predicted molar refractivity (Wildman–Crippen MR) is 126 cm³/mol. The first kappa shape index (κ1) is 24.7. The lowest BCUT2D eigenvalue weighted by atomic mass is 10.1. The molecule has 2 aromatic rings. The largest absolute Gasteiger partial charge is 0.393 e. The number of nitrogens with one attached hydrogen (secondary N) is 1. The van der Waals surface area contributed by atoms with Crippen LogP contribution in [0.25, 0.3) is 0 Å². The molecule has 1 amide bonds. The molecular formula is C22H27N3O7S2. The predicted octanol–water partition coefficient (Wildman–Crippen LogP) is 2.12. The summed E-state index contributed by atoms with van der Waals surface area (Å²) < 4.78 is 35.9. The highest BCUT2D eigenvalue weighted by Crippen LogP contribution is 2.25. The van der Waals surface area contributed by atoms with Gasteiger partial charge in [0.05, 0.1) is 34.3 Å². The summed E-state index contributed by atoms with van der Waals surface area (Å²) in [6.07, 6.45) is 3.01. The molecule has 0 unspecified atom stereocenters. The minimum absolute atomic E-state index is 0.0157. The summed E-state index contributed by atoms with van der Waals surface area (Å²) in [5.41, 5.74) is 0.379. The third kappa shape index (κ3) is 5.81. The van der Waals surface area contributed by atoms with Gasteiger partial charge in [0.2, 0.25) is 0 Å². The van der Waals surface area contributed by atoms with Gasteiger partial charge in [-0.1, -0.05) is 28.6 Å². The van der Waals surface area contributed by atoms with E-state index in [2.05, 4.69) is 15.5 Å². The molecule has 34 heavy (non-hydrogen) atoms. The lowest BCUT2D eigenvalue weighted by Gasteiger charge is -2.12. The number of aromatic nitrogens is 1. The SMILES string of the molecule is COCc1cnc(NC(=O)C(=NO[C@@H]2CC[C@@H](O)C2)c2ccc(S(=O)(=O)[C@H]3CCOC3)cc2)s1. The van der Waals surface area contributed by atoms with Crippen LogP contribution in [0.15, 0.2) is 40.5 Å². The van der Waals surface area contributed by atoms with Gasteiger partial charge in [0, 0.05) is 31.9 Å². The fourth-order valence-electron chi connectivity index (χ4n) is 3.85. The maximum absolute atomic E-state index is 13.1. The van der Waals surface area contributed by atoms with Crippen LogP contribution in [0.1, 0.15) is 36.1 Å². The molecule has 1 saturated heterocycles. The van der Waals surface area contributed by atoms with Crippen molar-refractivity contribution in [2.75, 3.05) is 25.6 Å². The maximum atomic E-state index is 13.1. The number of aliphatic hydroxyl groups is 1. The lowest BCUT2D eigenvalue weighted by molar-refractivity contribution is -0.110. The third-order valence-electron chi connectivity index (χ3n) is 5.71. The number of ether oxygens (including phenoxy) is 2. The molecule has 1 saturated carbocycles. The van der Waals surface area contributed by atoms with Gasteiger partial charge >= 0.3 is 0 Å². The molecule has 4 rings (SSSR count). The molecule has 2 heterocycles. The quantitative estimate of drug-likeness (QED) is 0.388. The number of aliphatic hydroxyl groups excluding tert-OH is 1. The molecule has 3 atom stereocenters. The van der Waals surface area contributed by atoms with E-state index in [0.717, 1.165) is 4.88 Å². The summed E-state index contributed by atoms with van der Waals surface area (Å²) in [5, 5.41) is 16.3. The molecular weight excluding hydrogens is 482 g/mol. The van der Waals surface area contributed by atoms with E-state index in [-0.39, 0.29) is 23.3 Å². The van der Waals surface area contributed by atoms with Crippen molar-refractivity contribution in [2.45, 2.75) is 54.6 Å². The molecule has 1 aromatic heterocycles. The van der Waals surface area contributed by atoms with Crippen LogP contribution < -0.4 is 5.32 Å². The van der Waals surface area contributed by atoms with Gasteiger partial charge in [0.15, 0.2) is 20.7 Å². The summed E-state index contributed by atoms with van der Waals surface area (Å²) in [7, 11) is -1.96. The van der Waals surface area contributed by atoms with Crippen LogP contribution in [-0.2, 0) is 35.5 Å².